The first-order chi connectivity index (χ1) is 10.0. The summed E-state index contributed by atoms with van der Waals surface area (Å²) in [5, 5.41) is 5.77. The Kier molecular flexibility index (Phi) is 4.90. The molecule has 112 valence electrons. The molecule has 1 amide bonds. The highest BCUT2D eigenvalue weighted by Gasteiger charge is 2.14. The largest absolute Gasteiger partial charge is 0.370 e. The van der Waals surface area contributed by atoms with Crippen molar-refractivity contribution in [2.24, 2.45) is 0 Å². The lowest BCUT2D eigenvalue weighted by Crippen LogP contribution is -2.24. The number of pyridine rings is 1. The minimum atomic E-state index is -0.524. The Labute approximate surface area is 127 Å². The highest BCUT2D eigenvalue weighted by molar-refractivity contribution is 7.12. The molecule has 0 atom stereocenters. The molecule has 0 aromatic carbocycles. The average Bonchev–Trinajstić information content (AvgIpc) is 2.77. The van der Waals surface area contributed by atoms with Crippen molar-refractivity contribution in [1.29, 1.82) is 0 Å². The van der Waals surface area contributed by atoms with Crippen molar-refractivity contribution in [2.75, 3.05) is 11.9 Å². The first-order valence-corrected chi connectivity index (χ1v) is 7.56. The maximum atomic E-state index is 13.3. The molecule has 0 radical (unpaired) electrons. The van der Waals surface area contributed by atoms with E-state index in [9.17, 15) is 9.18 Å². The molecule has 21 heavy (non-hydrogen) atoms. The number of hydrogen-bond acceptors (Lipinski definition) is 4. The van der Waals surface area contributed by atoms with E-state index < -0.39 is 5.82 Å². The van der Waals surface area contributed by atoms with Gasteiger partial charge in [-0.15, -0.1) is 11.3 Å². The van der Waals surface area contributed by atoms with Gasteiger partial charge in [-0.25, -0.2) is 9.37 Å². The Morgan fingerprint density at radius 2 is 2.14 bits per heavy atom. The van der Waals surface area contributed by atoms with Crippen LogP contribution < -0.4 is 10.6 Å². The number of halogens is 1. The Balaban J connectivity index is 2.10. The van der Waals surface area contributed by atoms with Crippen LogP contribution in [0.25, 0.3) is 0 Å². The molecular formula is C15H18FN3OS. The number of aromatic nitrogens is 1. The quantitative estimate of drug-likeness (QED) is 0.891. The predicted octanol–water partition coefficient (Wildman–Crippen LogP) is 3.26. The lowest BCUT2D eigenvalue weighted by Gasteiger charge is -2.09. The van der Waals surface area contributed by atoms with E-state index in [1.165, 1.54) is 16.5 Å². The minimum Gasteiger partial charge on any atom is -0.370 e. The maximum absolute atomic E-state index is 13.3. The Bertz CT molecular complexity index is 635. The van der Waals surface area contributed by atoms with Crippen LogP contribution in [0.5, 0.6) is 0 Å². The molecule has 0 bridgehead atoms. The van der Waals surface area contributed by atoms with E-state index >= 15 is 0 Å². The predicted molar refractivity (Wildman–Crippen MR) is 83.3 cm³/mol. The van der Waals surface area contributed by atoms with E-state index in [0.717, 1.165) is 11.1 Å². The SMILES string of the molecule is CCNc1ncc(F)cc1C(=O)NCc1cc(C)c(C)s1. The van der Waals surface area contributed by atoms with Crippen LogP contribution in [-0.4, -0.2) is 17.4 Å². The highest BCUT2D eigenvalue weighted by Crippen LogP contribution is 2.20. The van der Waals surface area contributed by atoms with E-state index in [4.69, 9.17) is 0 Å². The lowest BCUT2D eigenvalue weighted by molar-refractivity contribution is 0.0951. The van der Waals surface area contributed by atoms with Crippen molar-refractivity contribution in [3.8, 4) is 0 Å². The molecule has 0 spiro atoms. The van der Waals surface area contributed by atoms with Crippen molar-refractivity contribution < 1.29 is 9.18 Å². The van der Waals surface area contributed by atoms with Gasteiger partial charge in [-0.2, -0.15) is 0 Å². The van der Waals surface area contributed by atoms with Crippen LogP contribution in [-0.2, 0) is 6.54 Å². The van der Waals surface area contributed by atoms with E-state index in [2.05, 4.69) is 21.7 Å². The molecule has 0 aliphatic rings. The van der Waals surface area contributed by atoms with Crippen LogP contribution in [0.2, 0.25) is 0 Å². The van der Waals surface area contributed by atoms with Gasteiger partial charge in [-0.1, -0.05) is 0 Å². The number of hydrogen-bond donors (Lipinski definition) is 2. The lowest BCUT2D eigenvalue weighted by atomic mass is 10.2. The third-order valence-electron chi connectivity index (χ3n) is 3.08. The zero-order chi connectivity index (χ0) is 15.4. The summed E-state index contributed by atoms with van der Waals surface area (Å²) in [6, 6.07) is 3.25. The van der Waals surface area contributed by atoms with Gasteiger partial charge in [0.15, 0.2) is 0 Å². The second-order valence-electron chi connectivity index (χ2n) is 4.71. The summed E-state index contributed by atoms with van der Waals surface area (Å²) in [7, 11) is 0. The average molecular weight is 307 g/mol. The summed E-state index contributed by atoms with van der Waals surface area (Å²) in [6.07, 6.45) is 1.10. The van der Waals surface area contributed by atoms with E-state index in [-0.39, 0.29) is 11.5 Å². The molecule has 2 aromatic heterocycles. The fourth-order valence-corrected chi connectivity index (χ4v) is 2.91. The molecule has 0 fully saturated rings. The Hall–Kier alpha value is -1.95. The number of nitrogens with zero attached hydrogens (tertiary/aromatic N) is 1. The number of aryl methyl sites for hydroxylation is 2. The van der Waals surface area contributed by atoms with Gasteiger partial charge in [-0.05, 0) is 38.5 Å². The Morgan fingerprint density at radius 1 is 1.38 bits per heavy atom. The molecule has 0 saturated carbocycles. The first kappa shape index (κ1) is 15.4. The van der Waals surface area contributed by atoms with E-state index in [1.807, 2.05) is 20.8 Å². The van der Waals surface area contributed by atoms with Gasteiger partial charge in [-0.3, -0.25) is 4.79 Å². The summed E-state index contributed by atoms with van der Waals surface area (Å²) >= 11 is 1.65. The topological polar surface area (TPSA) is 54.0 Å². The molecule has 2 N–H and O–H groups in total. The van der Waals surface area contributed by atoms with Crippen LogP contribution >= 0.6 is 11.3 Å². The molecule has 0 aliphatic heterocycles. The first-order valence-electron chi connectivity index (χ1n) is 6.74. The highest BCUT2D eigenvalue weighted by atomic mass is 32.1. The van der Waals surface area contributed by atoms with Crippen molar-refractivity contribution in [3.05, 3.63) is 45.0 Å². The smallest absolute Gasteiger partial charge is 0.255 e. The summed E-state index contributed by atoms with van der Waals surface area (Å²) in [4.78, 5) is 18.4. The molecular weight excluding hydrogens is 289 g/mol. The van der Waals surface area contributed by atoms with Crippen LogP contribution in [0.4, 0.5) is 10.2 Å². The van der Waals surface area contributed by atoms with Crippen LogP contribution in [0, 0.1) is 19.7 Å². The number of nitrogens with one attached hydrogen (secondary N) is 2. The molecule has 2 heterocycles. The second-order valence-corrected chi connectivity index (χ2v) is 6.06. The van der Waals surface area contributed by atoms with Crippen molar-refractivity contribution in [1.82, 2.24) is 10.3 Å². The standard InChI is InChI=1S/C15H18FN3OS/c1-4-17-14-13(6-11(16)7-18-14)15(20)19-8-12-5-9(2)10(3)21-12/h5-7H,4,8H2,1-3H3,(H,17,18)(H,19,20). The molecule has 0 saturated heterocycles. The third-order valence-corrected chi connectivity index (χ3v) is 4.24. The molecule has 6 heteroatoms. The van der Waals surface area contributed by atoms with E-state index in [0.29, 0.717) is 18.9 Å². The van der Waals surface area contributed by atoms with Gasteiger partial charge < -0.3 is 10.6 Å². The number of rotatable bonds is 5. The zero-order valence-electron chi connectivity index (χ0n) is 12.3. The summed E-state index contributed by atoms with van der Waals surface area (Å²) in [5.74, 6) is -0.457. The summed E-state index contributed by atoms with van der Waals surface area (Å²) in [6.45, 7) is 7.02. The zero-order valence-corrected chi connectivity index (χ0v) is 13.1. The summed E-state index contributed by atoms with van der Waals surface area (Å²) in [5.41, 5.74) is 1.44. The number of carbonyl (C=O) groups excluding carboxylic acids is 1. The normalized spacial score (nSPS) is 10.5. The van der Waals surface area contributed by atoms with E-state index in [1.54, 1.807) is 11.3 Å². The summed E-state index contributed by atoms with van der Waals surface area (Å²) < 4.78 is 13.3. The molecule has 0 aliphatic carbocycles. The Morgan fingerprint density at radius 3 is 2.76 bits per heavy atom. The molecule has 2 rings (SSSR count). The maximum Gasteiger partial charge on any atom is 0.255 e. The number of carbonyl (C=O) groups is 1. The molecule has 2 aromatic rings. The minimum absolute atomic E-state index is 0.224. The molecule has 4 nitrogen and oxygen atoms in total. The third kappa shape index (κ3) is 3.78. The van der Waals surface area contributed by atoms with Gasteiger partial charge in [0.2, 0.25) is 0 Å². The van der Waals surface area contributed by atoms with Gasteiger partial charge in [0.1, 0.15) is 11.6 Å². The number of anilines is 1. The van der Waals surface area contributed by atoms with Gasteiger partial charge >= 0.3 is 0 Å². The number of thiophene rings is 1. The van der Waals surface area contributed by atoms with Crippen molar-refractivity contribution in [2.45, 2.75) is 27.3 Å². The van der Waals surface area contributed by atoms with Crippen LogP contribution in [0.3, 0.4) is 0 Å². The fourth-order valence-electron chi connectivity index (χ4n) is 1.92. The second kappa shape index (κ2) is 6.67. The van der Waals surface area contributed by atoms with Crippen molar-refractivity contribution in [3.63, 3.8) is 0 Å². The van der Waals surface area contributed by atoms with Crippen LogP contribution in [0.1, 0.15) is 32.6 Å². The van der Waals surface area contributed by atoms with Gasteiger partial charge in [0.25, 0.3) is 5.91 Å². The van der Waals surface area contributed by atoms with Crippen LogP contribution in [0.15, 0.2) is 18.3 Å². The molecule has 0 unspecified atom stereocenters. The number of amides is 1. The van der Waals surface area contributed by atoms with Crippen molar-refractivity contribution >= 4 is 23.1 Å². The van der Waals surface area contributed by atoms with Gasteiger partial charge in [0, 0.05) is 16.3 Å². The van der Waals surface area contributed by atoms with Gasteiger partial charge in [0.05, 0.1) is 18.3 Å². The fraction of sp³-hybridized carbons (Fsp3) is 0.333. The monoisotopic (exact) mass is 307 g/mol.